The van der Waals surface area contributed by atoms with Crippen LogP contribution >= 0.6 is 0 Å². The van der Waals surface area contributed by atoms with Gasteiger partial charge in [0.2, 0.25) is 0 Å². The molecule has 0 aliphatic heterocycles. The minimum atomic E-state index is 0.213. The highest BCUT2D eigenvalue weighted by Gasteiger charge is 2.17. The number of nitrogens with zero attached hydrogens (tertiary/aromatic N) is 1. The van der Waals surface area contributed by atoms with Crippen molar-refractivity contribution in [3.8, 4) is 12.3 Å². The van der Waals surface area contributed by atoms with Gasteiger partial charge in [0.25, 0.3) is 0 Å². The topological polar surface area (TPSA) is 29.3 Å². The Kier molecular flexibility index (Phi) is 5.77. The van der Waals surface area contributed by atoms with Gasteiger partial charge in [0.1, 0.15) is 0 Å². The minimum absolute atomic E-state index is 0.213. The predicted molar refractivity (Wildman–Crippen MR) is 58.4 cm³/mol. The fourth-order valence-electron chi connectivity index (χ4n) is 1.33. The maximum atomic E-state index is 5.65. The summed E-state index contributed by atoms with van der Waals surface area (Å²) in [6, 6.07) is 0. The summed E-state index contributed by atoms with van der Waals surface area (Å²) in [5.41, 5.74) is 5.86. The van der Waals surface area contributed by atoms with Crippen molar-refractivity contribution in [2.24, 2.45) is 11.1 Å². The lowest BCUT2D eigenvalue weighted by Crippen LogP contribution is -2.37. The van der Waals surface area contributed by atoms with Crippen molar-refractivity contribution in [3.05, 3.63) is 0 Å². The average molecular weight is 182 g/mol. The monoisotopic (exact) mass is 182 g/mol. The van der Waals surface area contributed by atoms with Gasteiger partial charge in [-0.2, -0.15) is 0 Å². The molecule has 0 aromatic heterocycles. The van der Waals surface area contributed by atoms with Gasteiger partial charge in [-0.1, -0.05) is 13.8 Å². The molecule has 0 fully saturated rings. The van der Waals surface area contributed by atoms with Crippen molar-refractivity contribution in [2.45, 2.75) is 26.7 Å². The molecule has 0 heterocycles. The molecule has 13 heavy (non-hydrogen) atoms. The van der Waals surface area contributed by atoms with Gasteiger partial charge in [-0.3, -0.25) is 0 Å². The predicted octanol–water partition coefficient (Wildman–Crippen LogP) is 1.32. The van der Waals surface area contributed by atoms with E-state index in [1.54, 1.807) is 0 Å². The Bertz CT molecular complexity index is 167. The van der Waals surface area contributed by atoms with Crippen molar-refractivity contribution in [1.82, 2.24) is 4.90 Å². The Hall–Kier alpha value is -0.520. The summed E-state index contributed by atoms with van der Waals surface area (Å²) < 4.78 is 0. The fraction of sp³-hybridized carbons (Fsp3) is 0.818. The van der Waals surface area contributed by atoms with Crippen molar-refractivity contribution in [1.29, 1.82) is 0 Å². The molecule has 0 aliphatic rings. The number of unbranched alkanes of at least 4 members (excludes halogenated alkanes) is 1. The molecule has 0 spiro atoms. The van der Waals surface area contributed by atoms with Crippen LogP contribution in [0.4, 0.5) is 0 Å². The van der Waals surface area contributed by atoms with Crippen LogP contribution in [0.25, 0.3) is 0 Å². The SMILES string of the molecule is C#CCCCN(C)CC(C)(C)CN. The Morgan fingerprint density at radius 1 is 1.46 bits per heavy atom. The quantitative estimate of drug-likeness (QED) is 0.496. The van der Waals surface area contributed by atoms with Crippen LogP contribution in [-0.4, -0.2) is 31.6 Å². The third-order valence-corrected chi connectivity index (χ3v) is 2.11. The molecule has 2 nitrogen and oxygen atoms in total. The highest BCUT2D eigenvalue weighted by molar-refractivity contribution is 4.83. The van der Waals surface area contributed by atoms with Gasteiger partial charge in [-0.25, -0.2) is 0 Å². The first kappa shape index (κ1) is 12.5. The second kappa shape index (κ2) is 6.01. The highest BCUT2D eigenvalue weighted by atomic mass is 15.1. The zero-order valence-electron chi connectivity index (χ0n) is 9.14. The lowest BCUT2D eigenvalue weighted by Gasteiger charge is -2.28. The first-order valence-electron chi connectivity index (χ1n) is 4.84. The largest absolute Gasteiger partial charge is 0.330 e. The summed E-state index contributed by atoms with van der Waals surface area (Å²) in [5.74, 6) is 2.65. The van der Waals surface area contributed by atoms with E-state index in [1.165, 1.54) is 0 Å². The Morgan fingerprint density at radius 3 is 2.54 bits per heavy atom. The van der Waals surface area contributed by atoms with Crippen LogP contribution in [0.15, 0.2) is 0 Å². The maximum Gasteiger partial charge on any atom is 0.00982 e. The average Bonchev–Trinajstić information content (AvgIpc) is 2.04. The molecule has 0 radical (unpaired) electrons. The summed E-state index contributed by atoms with van der Waals surface area (Å²) in [5, 5.41) is 0. The molecule has 2 N–H and O–H groups in total. The third-order valence-electron chi connectivity index (χ3n) is 2.11. The van der Waals surface area contributed by atoms with Gasteiger partial charge in [0, 0.05) is 13.0 Å². The van der Waals surface area contributed by atoms with Crippen LogP contribution in [0.5, 0.6) is 0 Å². The van der Waals surface area contributed by atoms with Crippen LogP contribution in [-0.2, 0) is 0 Å². The van der Waals surface area contributed by atoms with Crippen LogP contribution < -0.4 is 5.73 Å². The van der Waals surface area contributed by atoms with E-state index in [1.807, 2.05) is 0 Å². The summed E-state index contributed by atoms with van der Waals surface area (Å²) in [6.07, 6.45) is 7.13. The molecule has 76 valence electrons. The number of hydrogen-bond acceptors (Lipinski definition) is 2. The molecule has 0 aromatic carbocycles. The number of hydrogen-bond donors (Lipinski definition) is 1. The van der Waals surface area contributed by atoms with Gasteiger partial charge in [0.05, 0.1) is 0 Å². The zero-order valence-corrected chi connectivity index (χ0v) is 9.14. The van der Waals surface area contributed by atoms with E-state index in [0.29, 0.717) is 0 Å². The normalized spacial score (nSPS) is 11.7. The number of rotatable bonds is 6. The van der Waals surface area contributed by atoms with E-state index in [-0.39, 0.29) is 5.41 Å². The van der Waals surface area contributed by atoms with Crippen molar-refractivity contribution < 1.29 is 0 Å². The Balaban J connectivity index is 3.62. The highest BCUT2D eigenvalue weighted by Crippen LogP contribution is 2.13. The molecule has 0 unspecified atom stereocenters. The molecular weight excluding hydrogens is 160 g/mol. The molecular formula is C11H22N2. The molecule has 0 saturated carbocycles. The minimum Gasteiger partial charge on any atom is -0.330 e. The summed E-state index contributed by atoms with van der Waals surface area (Å²) >= 11 is 0. The first-order valence-corrected chi connectivity index (χ1v) is 4.84. The Morgan fingerprint density at radius 2 is 2.08 bits per heavy atom. The summed E-state index contributed by atoms with van der Waals surface area (Å²) in [4.78, 5) is 2.30. The molecule has 0 bridgehead atoms. The number of terminal acetylenes is 1. The van der Waals surface area contributed by atoms with E-state index in [0.717, 1.165) is 32.5 Å². The van der Waals surface area contributed by atoms with Gasteiger partial charge in [-0.05, 0) is 32.0 Å². The van der Waals surface area contributed by atoms with Gasteiger partial charge < -0.3 is 10.6 Å². The second-order valence-corrected chi connectivity index (χ2v) is 4.41. The van der Waals surface area contributed by atoms with E-state index in [2.05, 4.69) is 31.7 Å². The summed E-state index contributed by atoms with van der Waals surface area (Å²) in [6.45, 7) is 7.20. The van der Waals surface area contributed by atoms with E-state index < -0.39 is 0 Å². The van der Waals surface area contributed by atoms with Crippen molar-refractivity contribution >= 4 is 0 Å². The first-order chi connectivity index (χ1) is 6.02. The van der Waals surface area contributed by atoms with Crippen molar-refractivity contribution in [2.75, 3.05) is 26.7 Å². The molecule has 0 aliphatic carbocycles. The standard InChI is InChI=1S/C11H22N2/c1-5-6-7-8-13(4)10-11(2,3)9-12/h1H,6-10,12H2,2-4H3. The zero-order chi connectivity index (χ0) is 10.3. The maximum absolute atomic E-state index is 5.65. The smallest absolute Gasteiger partial charge is 0.00982 e. The molecule has 0 atom stereocenters. The van der Waals surface area contributed by atoms with E-state index in [9.17, 15) is 0 Å². The van der Waals surface area contributed by atoms with E-state index in [4.69, 9.17) is 12.2 Å². The summed E-state index contributed by atoms with van der Waals surface area (Å²) in [7, 11) is 2.12. The van der Waals surface area contributed by atoms with Gasteiger partial charge >= 0.3 is 0 Å². The van der Waals surface area contributed by atoms with Gasteiger partial charge in [0.15, 0.2) is 0 Å². The molecule has 2 heteroatoms. The fourth-order valence-corrected chi connectivity index (χ4v) is 1.33. The van der Waals surface area contributed by atoms with Gasteiger partial charge in [-0.15, -0.1) is 12.3 Å². The van der Waals surface area contributed by atoms with Crippen LogP contribution in [0.1, 0.15) is 26.7 Å². The molecule has 0 aromatic rings. The van der Waals surface area contributed by atoms with Crippen LogP contribution in [0.3, 0.4) is 0 Å². The molecule has 0 amide bonds. The van der Waals surface area contributed by atoms with Crippen LogP contribution in [0.2, 0.25) is 0 Å². The lowest BCUT2D eigenvalue weighted by molar-refractivity contribution is 0.215. The molecule has 0 rings (SSSR count). The third kappa shape index (κ3) is 6.62. The second-order valence-electron chi connectivity index (χ2n) is 4.41. The van der Waals surface area contributed by atoms with E-state index >= 15 is 0 Å². The lowest BCUT2D eigenvalue weighted by atomic mass is 9.93. The Labute approximate surface area is 82.5 Å². The number of nitrogens with two attached hydrogens (primary N) is 1. The van der Waals surface area contributed by atoms with Crippen LogP contribution in [0, 0.1) is 17.8 Å². The van der Waals surface area contributed by atoms with Crippen molar-refractivity contribution in [3.63, 3.8) is 0 Å². The molecule has 0 saturated heterocycles.